The average Bonchev–Trinajstić information content (AvgIpc) is 2.50. The van der Waals surface area contributed by atoms with Crippen LogP contribution < -0.4 is 5.32 Å². The van der Waals surface area contributed by atoms with Crippen molar-refractivity contribution in [1.29, 1.82) is 0 Å². The normalized spacial score (nSPS) is 26.0. The first-order valence-corrected chi connectivity index (χ1v) is 8.61. The highest BCUT2D eigenvalue weighted by molar-refractivity contribution is 6.31. The van der Waals surface area contributed by atoms with Gasteiger partial charge in [-0.1, -0.05) is 43.6 Å². The maximum absolute atomic E-state index is 6.39. The quantitative estimate of drug-likeness (QED) is 0.730. The minimum atomic E-state index is -0.0130. The smallest absolute Gasteiger partial charge is 0.0811 e. The van der Waals surface area contributed by atoms with Gasteiger partial charge in [-0.2, -0.15) is 0 Å². The van der Waals surface area contributed by atoms with Crippen LogP contribution in [0.3, 0.4) is 0 Å². The zero-order valence-electron chi connectivity index (χ0n) is 13.3. The first kappa shape index (κ1) is 16.8. The molecule has 3 heteroatoms. The molecule has 0 unspecified atom stereocenters. The van der Waals surface area contributed by atoms with E-state index in [1.165, 1.54) is 12.8 Å². The Morgan fingerprint density at radius 1 is 1.29 bits per heavy atom. The molecule has 21 heavy (non-hydrogen) atoms. The van der Waals surface area contributed by atoms with Gasteiger partial charge in [0.15, 0.2) is 0 Å². The second-order valence-electron chi connectivity index (χ2n) is 6.42. The number of hydrogen-bond donors (Lipinski definition) is 1. The van der Waals surface area contributed by atoms with Crippen molar-refractivity contribution < 1.29 is 4.74 Å². The van der Waals surface area contributed by atoms with Crippen molar-refractivity contribution in [2.45, 2.75) is 58.2 Å². The third-order valence-electron chi connectivity index (χ3n) is 4.55. The van der Waals surface area contributed by atoms with Gasteiger partial charge in [-0.3, -0.25) is 0 Å². The molecular weight excluding hydrogens is 282 g/mol. The fourth-order valence-electron chi connectivity index (χ4n) is 3.00. The van der Waals surface area contributed by atoms with Crippen molar-refractivity contribution in [2.24, 2.45) is 5.92 Å². The maximum atomic E-state index is 6.39. The molecule has 0 bridgehead atoms. The van der Waals surface area contributed by atoms with Crippen molar-refractivity contribution in [3.63, 3.8) is 0 Å². The van der Waals surface area contributed by atoms with Crippen LogP contribution >= 0.6 is 11.6 Å². The maximum Gasteiger partial charge on any atom is 0.0811 e. The predicted molar refractivity (Wildman–Crippen MR) is 89.8 cm³/mol. The van der Waals surface area contributed by atoms with Crippen molar-refractivity contribution in [2.75, 3.05) is 13.1 Å². The second kappa shape index (κ2) is 8.17. The van der Waals surface area contributed by atoms with Gasteiger partial charge >= 0.3 is 0 Å². The molecule has 0 amide bonds. The molecule has 118 valence electrons. The third-order valence-corrected chi connectivity index (χ3v) is 4.92. The number of nitrogens with one attached hydrogen (secondary N) is 1. The summed E-state index contributed by atoms with van der Waals surface area (Å²) >= 11 is 6.24. The summed E-state index contributed by atoms with van der Waals surface area (Å²) in [6.45, 7) is 7.18. The van der Waals surface area contributed by atoms with Crippen LogP contribution in [-0.2, 0) is 11.3 Å². The number of halogens is 1. The lowest BCUT2D eigenvalue weighted by atomic mass is 9.79. The van der Waals surface area contributed by atoms with Gasteiger partial charge in [0.1, 0.15) is 0 Å². The highest BCUT2D eigenvalue weighted by Gasteiger charge is 2.34. The first-order valence-electron chi connectivity index (χ1n) is 8.23. The van der Waals surface area contributed by atoms with Crippen molar-refractivity contribution in [1.82, 2.24) is 5.32 Å². The van der Waals surface area contributed by atoms with Crippen molar-refractivity contribution >= 4 is 11.6 Å². The molecule has 1 aromatic carbocycles. The van der Waals surface area contributed by atoms with E-state index in [1.54, 1.807) is 0 Å². The Hall–Kier alpha value is -0.570. The Kier molecular flexibility index (Phi) is 6.53. The van der Waals surface area contributed by atoms with E-state index in [1.807, 2.05) is 18.2 Å². The highest BCUT2D eigenvalue weighted by Crippen LogP contribution is 2.35. The molecule has 0 spiro atoms. The molecule has 0 heterocycles. The molecule has 1 aliphatic rings. The Bertz CT molecular complexity index is 427. The van der Waals surface area contributed by atoms with E-state index >= 15 is 0 Å². The van der Waals surface area contributed by atoms with Crippen LogP contribution in [0.15, 0.2) is 24.3 Å². The zero-order valence-corrected chi connectivity index (χ0v) is 14.1. The molecule has 2 nitrogen and oxygen atoms in total. The lowest BCUT2D eigenvalue weighted by molar-refractivity contribution is -0.0848. The van der Waals surface area contributed by atoms with E-state index in [4.69, 9.17) is 16.3 Å². The summed E-state index contributed by atoms with van der Waals surface area (Å²) in [4.78, 5) is 0. The number of ether oxygens (including phenoxy) is 1. The highest BCUT2D eigenvalue weighted by atomic mass is 35.5. The number of hydrogen-bond acceptors (Lipinski definition) is 2. The van der Waals surface area contributed by atoms with Gasteiger partial charge < -0.3 is 10.1 Å². The lowest BCUT2D eigenvalue weighted by Crippen LogP contribution is -2.45. The van der Waals surface area contributed by atoms with E-state index in [9.17, 15) is 0 Å². The zero-order chi connectivity index (χ0) is 15.1. The summed E-state index contributed by atoms with van der Waals surface area (Å²) in [5.74, 6) is 0.827. The topological polar surface area (TPSA) is 21.3 Å². The molecule has 1 aliphatic carbocycles. The molecule has 1 fully saturated rings. The number of benzene rings is 1. The van der Waals surface area contributed by atoms with Crippen LogP contribution in [0.5, 0.6) is 0 Å². The van der Waals surface area contributed by atoms with E-state index in [2.05, 4.69) is 25.2 Å². The molecule has 0 radical (unpaired) electrons. The first-order chi connectivity index (χ1) is 10.2. The summed E-state index contributed by atoms with van der Waals surface area (Å²) < 4.78 is 6.39. The van der Waals surface area contributed by atoms with Crippen LogP contribution in [0.25, 0.3) is 0 Å². The molecule has 2 rings (SSSR count). The SMILES string of the molecule is CCCNCC1(OCc2ccccc2Cl)CCC(C)CC1. The van der Waals surface area contributed by atoms with Gasteiger partial charge in [0.2, 0.25) is 0 Å². The molecule has 0 saturated heterocycles. The largest absolute Gasteiger partial charge is 0.369 e. The summed E-state index contributed by atoms with van der Waals surface area (Å²) in [7, 11) is 0. The van der Waals surface area contributed by atoms with Crippen LogP contribution in [0.4, 0.5) is 0 Å². The predicted octanol–water partition coefficient (Wildman–Crippen LogP) is 4.81. The van der Waals surface area contributed by atoms with Gasteiger partial charge in [0.25, 0.3) is 0 Å². The Labute approximate surface area is 134 Å². The van der Waals surface area contributed by atoms with E-state index < -0.39 is 0 Å². The molecule has 1 saturated carbocycles. The van der Waals surface area contributed by atoms with Crippen LogP contribution in [0, 0.1) is 5.92 Å². The summed E-state index contributed by atoms with van der Waals surface area (Å²) in [6.07, 6.45) is 5.98. The Morgan fingerprint density at radius 3 is 2.67 bits per heavy atom. The van der Waals surface area contributed by atoms with Crippen molar-refractivity contribution in [3.05, 3.63) is 34.9 Å². The van der Waals surface area contributed by atoms with Crippen molar-refractivity contribution in [3.8, 4) is 0 Å². The Balaban J connectivity index is 1.97. The minimum Gasteiger partial charge on any atom is -0.369 e. The summed E-state index contributed by atoms with van der Waals surface area (Å²) in [5, 5.41) is 4.36. The molecule has 0 aromatic heterocycles. The fourth-order valence-corrected chi connectivity index (χ4v) is 3.19. The fraction of sp³-hybridized carbons (Fsp3) is 0.667. The van der Waals surface area contributed by atoms with Crippen LogP contribution in [-0.4, -0.2) is 18.7 Å². The van der Waals surface area contributed by atoms with Crippen LogP contribution in [0.1, 0.15) is 51.5 Å². The molecular formula is C18H28ClNO. The molecule has 0 atom stereocenters. The summed E-state index contributed by atoms with van der Waals surface area (Å²) in [5.41, 5.74) is 1.08. The van der Waals surface area contributed by atoms with Crippen LogP contribution in [0.2, 0.25) is 5.02 Å². The van der Waals surface area contributed by atoms with E-state index in [-0.39, 0.29) is 5.60 Å². The Morgan fingerprint density at radius 2 is 2.00 bits per heavy atom. The van der Waals surface area contributed by atoms with Gasteiger partial charge in [0, 0.05) is 11.6 Å². The monoisotopic (exact) mass is 309 g/mol. The van der Waals surface area contributed by atoms with E-state index in [0.29, 0.717) is 6.61 Å². The lowest BCUT2D eigenvalue weighted by Gasteiger charge is -2.39. The van der Waals surface area contributed by atoms with E-state index in [0.717, 1.165) is 48.9 Å². The third kappa shape index (κ3) is 4.98. The molecule has 1 aromatic rings. The van der Waals surface area contributed by atoms with Gasteiger partial charge in [0.05, 0.1) is 12.2 Å². The summed E-state index contributed by atoms with van der Waals surface area (Å²) in [6, 6.07) is 7.98. The molecule has 0 aliphatic heterocycles. The van der Waals surface area contributed by atoms with Gasteiger partial charge in [-0.25, -0.2) is 0 Å². The van der Waals surface area contributed by atoms with Gasteiger partial charge in [-0.05, 0) is 56.2 Å². The second-order valence-corrected chi connectivity index (χ2v) is 6.83. The minimum absolute atomic E-state index is 0.0130. The standard InChI is InChI=1S/C18H28ClNO/c1-3-12-20-14-18(10-8-15(2)9-11-18)21-13-16-6-4-5-7-17(16)19/h4-7,15,20H,3,8-14H2,1-2H3. The average molecular weight is 310 g/mol. The van der Waals surface area contributed by atoms with Gasteiger partial charge in [-0.15, -0.1) is 0 Å². The number of rotatable bonds is 7. The molecule has 1 N–H and O–H groups in total.